The minimum Gasteiger partial charge on any atom is -0.481 e. The zero-order valence-electron chi connectivity index (χ0n) is 19.8. The molecule has 0 aromatic heterocycles. The Morgan fingerprint density at radius 3 is 2.42 bits per heavy atom. The van der Waals surface area contributed by atoms with Crippen LogP contribution in [0.3, 0.4) is 0 Å². The SMILES string of the molecule is C=CC[C@@H]1[C@@H](O)[C@@H]2[C@H](CC[C@]3(C)[C@@H]([C@H](C)CCC(=O)O)CC[C@@H]23)[C@@]2(C)CC[C@@H](O)C[C@@H]12. The van der Waals surface area contributed by atoms with Crippen LogP contribution in [-0.2, 0) is 4.79 Å². The van der Waals surface area contributed by atoms with Crippen LogP contribution in [0.1, 0.15) is 85.0 Å². The van der Waals surface area contributed by atoms with Gasteiger partial charge in [-0.2, -0.15) is 0 Å². The van der Waals surface area contributed by atoms with Gasteiger partial charge in [-0.15, -0.1) is 6.58 Å². The lowest BCUT2D eigenvalue weighted by Gasteiger charge is -2.64. The molecular formula is C27H44O4. The summed E-state index contributed by atoms with van der Waals surface area (Å²) in [6, 6.07) is 0. The number of hydrogen-bond donors (Lipinski definition) is 3. The summed E-state index contributed by atoms with van der Waals surface area (Å²) in [6.07, 6.45) is 10.8. The highest BCUT2D eigenvalue weighted by Gasteiger charge is 2.64. The standard InChI is InChI=1S/C27H44O4/c1-5-6-18-22-15-17(28)11-13-27(22,4)21-12-14-26(3)19(16(2)7-10-23(29)30)8-9-20(26)24(21)25(18)31/h5,16-22,24-25,28,31H,1,6-15H2,2-4H3,(H,29,30)/t16-,17-,18+,19-,20+,21+,22+,24+,25-,26-,27-/m1/s1. The van der Waals surface area contributed by atoms with E-state index in [0.717, 1.165) is 32.1 Å². The third kappa shape index (κ3) is 3.70. The van der Waals surface area contributed by atoms with E-state index in [2.05, 4.69) is 27.4 Å². The average molecular weight is 433 g/mol. The van der Waals surface area contributed by atoms with Crippen LogP contribution in [0.5, 0.6) is 0 Å². The lowest BCUT2D eigenvalue weighted by Crippen LogP contribution is -2.62. The maximum atomic E-state index is 11.8. The summed E-state index contributed by atoms with van der Waals surface area (Å²) < 4.78 is 0. The molecule has 3 N–H and O–H groups in total. The molecule has 0 spiro atoms. The number of carboxylic acid groups (broad SMARTS) is 1. The lowest BCUT2D eigenvalue weighted by molar-refractivity contribution is -0.202. The van der Waals surface area contributed by atoms with Gasteiger partial charge >= 0.3 is 5.97 Å². The van der Waals surface area contributed by atoms with E-state index >= 15 is 0 Å². The van der Waals surface area contributed by atoms with Crippen LogP contribution in [0.15, 0.2) is 12.7 Å². The number of aliphatic hydroxyl groups excluding tert-OH is 2. The topological polar surface area (TPSA) is 77.8 Å². The van der Waals surface area contributed by atoms with Crippen LogP contribution in [0.4, 0.5) is 0 Å². The van der Waals surface area contributed by atoms with Crippen molar-refractivity contribution in [3.63, 3.8) is 0 Å². The molecule has 0 unspecified atom stereocenters. The Bertz CT molecular complexity index is 691. The summed E-state index contributed by atoms with van der Waals surface area (Å²) in [5, 5.41) is 31.4. The molecule has 4 aliphatic carbocycles. The molecule has 0 aromatic rings. The Morgan fingerprint density at radius 1 is 1.06 bits per heavy atom. The summed E-state index contributed by atoms with van der Waals surface area (Å²) in [4.78, 5) is 11.1. The van der Waals surface area contributed by atoms with Gasteiger partial charge in [-0.05, 0) is 110 Å². The summed E-state index contributed by atoms with van der Waals surface area (Å²) >= 11 is 0. The first kappa shape index (κ1) is 23.3. The molecular weight excluding hydrogens is 388 g/mol. The van der Waals surface area contributed by atoms with Crippen LogP contribution in [-0.4, -0.2) is 33.5 Å². The molecule has 0 aromatic carbocycles. The van der Waals surface area contributed by atoms with Crippen LogP contribution in [0.2, 0.25) is 0 Å². The van der Waals surface area contributed by atoms with Crippen LogP contribution in [0.25, 0.3) is 0 Å². The van der Waals surface area contributed by atoms with Gasteiger partial charge in [0.2, 0.25) is 0 Å². The first-order chi connectivity index (χ1) is 14.6. The van der Waals surface area contributed by atoms with Gasteiger partial charge in [-0.3, -0.25) is 4.79 Å². The Morgan fingerprint density at radius 2 is 1.74 bits per heavy atom. The fourth-order valence-corrected chi connectivity index (χ4v) is 9.46. The van der Waals surface area contributed by atoms with Crippen molar-refractivity contribution in [2.24, 2.45) is 52.3 Å². The first-order valence-electron chi connectivity index (χ1n) is 12.8. The summed E-state index contributed by atoms with van der Waals surface area (Å²) in [5.41, 5.74) is 0.404. The zero-order chi connectivity index (χ0) is 22.6. The third-order valence-electron chi connectivity index (χ3n) is 10.9. The highest BCUT2D eigenvalue weighted by molar-refractivity contribution is 5.66. The van der Waals surface area contributed by atoms with Crippen LogP contribution in [0, 0.1) is 52.3 Å². The van der Waals surface area contributed by atoms with Crippen molar-refractivity contribution in [2.75, 3.05) is 0 Å². The lowest BCUT2D eigenvalue weighted by atomic mass is 9.41. The smallest absolute Gasteiger partial charge is 0.303 e. The fourth-order valence-electron chi connectivity index (χ4n) is 9.46. The third-order valence-corrected chi connectivity index (χ3v) is 10.9. The van der Waals surface area contributed by atoms with Crippen molar-refractivity contribution in [1.82, 2.24) is 0 Å². The second-order valence-electron chi connectivity index (χ2n) is 12.1. The zero-order valence-corrected chi connectivity index (χ0v) is 19.8. The molecule has 4 heteroatoms. The fraction of sp³-hybridized carbons (Fsp3) is 0.889. The van der Waals surface area contributed by atoms with E-state index in [1.54, 1.807) is 0 Å². The molecule has 0 aliphatic heterocycles. The quantitative estimate of drug-likeness (QED) is 0.499. The van der Waals surface area contributed by atoms with E-state index in [4.69, 9.17) is 5.11 Å². The van der Waals surface area contributed by atoms with Gasteiger partial charge in [-0.25, -0.2) is 0 Å². The number of carboxylic acids is 1. The van der Waals surface area contributed by atoms with Crippen molar-refractivity contribution >= 4 is 5.97 Å². The van der Waals surface area contributed by atoms with Crippen molar-refractivity contribution < 1.29 is 20.1 Å². The number of hydrogen-bond acceptors (Lipinski definition) is 3. The highest BCUT2D eigenvalue weighted by Crippen LogP contribution is 2.69. The molecule has 4 fully saturated rings. The molecule has 0 heterocycles. The molecule has 4 saturated carbocycles. The summed E-state index contributed by atoms with van der Waals surface area (Å²) in [6.45, 7) is 11.2. The Kier molecular flexibility index (Phi) is 6.37. The van der Waals surface area contributed by atoms with E-state index in [-0.39, 0.29) is 35.4 Å². The van der Waals surface area contributed by atoms with Gasteiger partial charge in [0.15, 0.2) is 0 Å². The minimum atomic E-state index is -0.691. The molecule has 4 rings (SSSR count). The Hall–Kier alpha value is -0.870. The monoisotopic (exact) mass is 432 g/mol. The van der Waals surface area contributed by atoms with E-state index < -0.39 is 5.97 Å². The number of allylic oxidation sites excluding steroid dienone is 1. The van der Waals surface area contributed by atoms with Crippen LogP contribution >= 0.6 is 0 Å². The number of aliphatic carboxylic acids is 1. The van der Waals surface area contributed by atoms with Crippen molar-refractivity contribution in [2.45, 2.75) is 97.2 Å². The molecule has 4 nitrogen and oxygen atoms in total. The summed E-state index contributed by atoms with van der Waals surface area (Å²) in [5.74, 6) is 2.25. The highest BCUT2D eigenvalue weighted by atomic mass is 16.4. The predicted molar refractivity (Wildman–Crippen MR) is 122 cm³/mol. The maximum Gasteiger partial charge on any atom is 0.303 e. The van der Waals surface area contributed by atoms with Crippen molar-refractivity contribution in [3.05, 3.63) is 12.7 Å². The maximum absolute atomic E-state index is 11.8. The summed E-state index contributed by atoms with van der Waals surface area (Å²) in [7, 11) is 0. The van der Waals surface area contributed by atoms with Crippen molar-refractivity contribution in [3.8, 4) is 0 Å². The molecule has 0 radical (unpaired) electrons. The second kappa shape index (κ2) is 8.48. The largest absolute Gasteiger partial charge is 0.481 e. The Balaban J connectivity index is 1.63. The number of aliphatic hydroxyl groups is 2. The van der Waals surface area contributed by atoms with Gasteiger partial charge in [0.1, 0.15) is 0 Å². The molecule has 31 heavy (non-hydrogen) atoms. The number of rotatable bonds is 6. The minimum absolute atomic E-state index is 0.199. The average Bonchev–Trinajstić information content (AvgIpc) is 3.07. The van der Waals surface area contributed by atoms with Gasteiger partial charge in [0.25, 0.3) is 0 Å². The van der Waals surface area contributed by atoms with Gasteiger partial charge in [-0.1, -0.05) is 26.8 Å². The molecule has 11 atom stereocenters. The van der Waals surface area contributed by atoms with E-state index in [9.17, 15) is 15.0 Å². The molecule has 4 aliphatic rings. The first-order valence-corrected chi connectivity index (χ1v) is 12.8. The van der Waals surface area contributed by atoms with Crippen LogP contribution < -0.4 is 0 Å². The predicted octanol–water partition coefficient (Wildman–Crippen LogP) is 5.28. The molecule has 0 amide bonds. The number of carbonyl (C=O) groups is 1. The second-order valence-corrected chi connectivity index (χ2v) is 12.1. The number of fused-ring (bicyclic) bond motifs is 5. The van der Waals surface area contributed by atoms with E-state index in [1.165, 1.54) is 25.7 Å². The molecule has 0 bridgehead atoms. The van der Waals surface area contributed by atoms with Gasteiger partial charge in [0, 0.05) is 6.42 Å². The Labute approximate surface area is 188 Å². The molecule has 0 saturated heterocycles. The van der Waals surface area contributed by atoms with Gasteiger partial charge < -0.3 is 15.3 Å². The van der Waals surface area contributed by atoms with E-state index in [0.29, 0.717) is 35.5 Å². The van der Waals surface area contributed by atoms with E-state index in [1.807, 2.05) is 6.08 Å². The van der Waals surface area contributed by atoms with Gasteiger partial charge in [0.05, 0.1) is 12.2 Å². The molecule has 176 valence electrons. The van der Waals surface area contributed by atoms with Crippen molar-refractivity contribution in [1.29, 1.82) is 0 Å². The normalized spacial score (nSPS) is 50.1.